The molecule has 2 aromatic rings. The third kappa shape index (κ3) is 3.85. The summed E-state index contributed by atoms with van der Waals surface area (Å²) in [6.45, 7) is 0. The maximum atomic E-state index is 12.3. The van der Waals surface area contributed by atoms with E-state index in [0.717, 1.165) is 17.9 Å². The van der Waals surface area contributed by atoms with Crippen molar-refractivity contribution < 1.29 is 4.79 Å². The molecule has 0 aliphatic carbocycles. The van der Waals surface area contributed by atoms with Gasteiger partial charge in [-0.25, -0.2) is 0 Å². The van der Waals surface area contributed by atoms with Crippen LogP contribution in [0, 0.1) is 0 Å². The highest BCUT2D eigenvalue weighted by Crippen LogP contribution is 2.35. The molecule has 0 saturated carbocycles. The molecule has 0 aliphatic heterocycles. The van der Waals surface area contributed by atoms with Crippen molar-refractivity contribution >= 4 is 86.9 Å². The predicted octanol–water partition coefficient (Wildman–Crippen LogP) is 6.64. The highest BCUT2D eigenvalue weighted by Gasteiger charge is 2.15. The molecular formula is C13H6Br4ClNO. The Morgan fingerprint density at radius 2 is 1.55 bits per heavy atom. The lowest BCUT2D eigenvalue weighted by molar-refractivity contribution is 0.102. The summed E-state index contributed by atoms with van der Waals surface area (Å²) in [4.78, 5) is 12.3. The number of nitrogens with one attached hydrogen (secondary N) is 1. The van der Waals surface area contributed by atoms with Gasteiger partial charge in [-0.1, -0.05) is 43.5 Å². The van der Waals surface area contributed by atoms with Crippen molar-refractivity contribution in [2.24, 2.45) is 0 Å². The van der Waals surface area contributed by atoms with Crippen molar-refractivity contribution in [3.05, 3.63) is 58.8 Å². The molecule has 2 nitrogen and oxygen atoms in total. The fourth-order valence-electron chi connectivity index (χ4n) is 1.51. The zero-order chi connectivity index (χ0) is 14.9. The molecule has 0 bridgehead atoms. The van der Waals surface area contributed by atoms with Crippen LogP contribution in [0.4, 0.5) is 5.69 Å². The van der Waals surface area contributed by atoms with Crippen LogP contribution in [0.1, 0.15) is 10.4 Å². The first kappa shape index (κ1) is 16.5. The second kappa shape index (κ2) is 6.92. The van der Waals surface area contributed by atoms with E-state index in [9.17, 15) is 4.79 Å². The fourth-order valence-corrected chi connectivity index (χ4v) is 4.54. The summed E-state index contributed by atoms with van der Waals surface area (Å²) in [5.41, 5.74) is 1.05. The number of halogens is 5. The number of hydrogen-bond acceptors (Lipinski definition) is 1. The Kier molecular flexibility index (Phi) is 5.71. The minimum Gasteiger partial charge on any atom is -0.320 e. The molecule has 0 unspecified atom stereocenters. The largest absolute Gasteiger partial charge is 0.320 e. The highest BCUT2D eigenvalue weighted by atomic mass is 79.9. The van der Waals surface area contributed by atoms with Crippen LogP contribution in [-0.4, -0.2) is 5.91 Å². The number of anilines is 1. The molecular weight excluding hydrogens is 541 g/mol. The van der Waals surface area contributed by atoms with Crippen LogP contribution < -0.4 is 5.32 Å². The molecule has 7 heteroatoms. The second-order valence-electron chi connectivity index (χ2n) is 3.82. The van der Waals surface area contributed by atoms with Gasteiger partial charge in [-0.15, -0.1) is 0 Å². The SMILES string of the molecule is O=C(Nc1c(Br)cc(Br)cc1Br)c1cc(Br)ccc1Cl. The van der Waals surface area contributed by atoms with Crippen LogP contribution in [0.5, 0.6) is 0 Å². The molecule has 0 heterocycles. The van der Waals surface area contributed by atoms with E-state index in [1.807, 2.05) is 12.1 Å². The zero-order valence-corrected chi connectivity index (χ0v) is 16.8. The second-order valence-corrected chi connectivity index (χ2v) is 7.77. The first-order valence-electron chi connectivity index (χ1n) is 5.29. The van der Waals surface area contributed by atoms with Crippen LogP contribution in [-0.2, 0) is 0 Å². The summed E-state index contributed by atoms with van der Waals surface area (Å²) in [6.07, 6.45) is 0. The summed E-state index contributed by atoms with van der Waals surface area (Å²) >= 11 is 19.6. The van der Waals surface area contributed by atoms with E-state index >= 15 is 0 Å². The Labute approximate surface area is 154 Å². The summed E-state index contributed by atoms with van der Waals surface area (Å²) < 4.78 is 3.21. The zero-order valence-electron chi connectivity index (χ0n) is 9.68. The van der Waals surface area contributed by atoms with Crippen molar-refractivity contribution in [3.8, 4) is 0 Å². The summed E-state index contributed by atoms with van der Waals surface area (Å²) in [5, 5.41) is 3.23. The van der Waals surface area contributed by atoms with Gasteiger partial charge in [0.15, 0.2) is 0 Å². The van der Waals surface area contributed by atoms with Crippen LogP contribution in [0.15, 0.2) is 48.2 Å². The smallest absolute Gasteiger partial charge is 0.257 e. The standard InChI is InChI=1S/C13H6Br4ClNO/c14-6-1-2-11(18)8(3-6)13(20)19-12-9(16)4-7(15)5-10(12)17/h1-5H,(H,19,20). The topological polar surface area (TPSA) is 29.1 Å². The lowest BCUT2D eigenvalue weighted by Gasteiger charge is -2.11. The number of benzene rings is 2. The van der Waals surface area contributed by atoms with Crippen molar-refractivity contribution in [3.63, 3.8) is 0 Å². The quantitative estimate of drug-likeness (QED) is 0.449. The average molecular weight is 547 g/mol. The Balaban J connectivity index is 2.35. The molecule has 0 saturated heterocycles. The predicted molar refractivity (Wildman–Crippen MR) is 96.6 cm³/mol. The maximum Gasteiger partial charge on any atom is 0.257 e. The van der Waals surface area contributed by atoms with E-state index in [1.165, 1.54) is 0 Å². The molecule has 1 N–H and O–H groups in total. The van der Waals surface area contributed by atoms with Crippen LogP contribution in [0.25, 0.3) is 0 Å². The molecule has 0 fully saturated rings. The third-order valence-electron chi connectivity index (χ3n) is 2.42. The van der Waals surface area contributed by atoms with Gasteiger partial charge in [0.25, 0.3) is 5.91 Å². The van der Waals surface area contributed by atoms with E-state index < -0.39 is 0 Å². The van der Waals surface area contributed by atoms with Crippen molar-refractivity contribution in [2.45, 2.75) is 0 Å². The monoisotopic (exact) mass is 543 g/mol. The van der Waals surface area contributed by atoms with Crippen LogP contribution >= 0.6 is 75.3 Å². The van der Waals surface area contributed by atoms with E-state index in [2.05, 4.69) is 69.0 Å². The molecule has 0 aliphatic rings. The molecule has 0 atom stereocenters. The molecule has 0 aromatic heterocycles. The molecule has 0 radical (unpaired) electrons. The van der Waals surface area contributed by atoms with Crippen molar-refractivity contribution in [2.75, 3.05) is 5.32 Å². The number of rotatable bonds is 2. The molecule has 1 amide bonds. The first-order valence-corrected chi connectivity index (χ1v) is 8.84. The Bertz CT molecular complexity index is 667. The Morgan fingerprint density at radius 1 is 0.950 bits per heavy atom. The van der Waals surface area contributed by atoms with Gasteiger partial charge >= 0.3 is 0 Å². The van der Waals surface area contributed by atoms with Gasteiger partial charge in [-0.2, -0.15) is 0 Å². The molecule has 20 heavy (non-hydrogen) atoms. The number of hydrogen-bond donors (Lipinski definition) is 1. The van der Waals surface area contributed by atoms with Gasteiger partial charge in [0.2, 0.25) is 0 Å². The van der Waals surface area contributed by atoms with Gasteiger partial charge in [-0.3, -0.25) is 4.79 Å². The van der Waals surface area contributed by atoms with Crippen LogP contribution in [0.2, 0.25) is 5.02 Å². The minimum atomic E-state index is -0.278. The van der Waals surface area contributed by atoms with Gasteiger partial charge in [0, 0.05) is 17.9 Å². The summed E-state index contributed by atoms with van der Waals surface area (Å²) in [6, 6.07) is 8.83. The van der Waals surface area contributed by atoms with E-state index in [1.54, 1.807) is 18.2 Å². The number of carbonyl (C=O) groups is 1. The first-order chi connectivity index (χ1) is 9.38. The normalized spacial score (nSPS) is 10.4. The molecule has 2 rings (SSSR count). The minimum absolute atomic E-state index is 0.278. The Hall–Kier alpha value is 0.120. The van der Waals surface area contributed by atoms with E-state index in [4.69, 9.17) is 11.6 Å². The van der Waals surface area contributed by atoms with Crippen molar-refractivity contribution in [1.29, 1.82) is 0 Å². The highest BCUT2D eigenvalue weighted by molar-refractivity contribution is 9.11. The lowest BCUT2D eigenvalue weighted by Crippen LogP contribution is -2.13. The maximum absolute atomic E-state index is 12.3. The van der Waals surface area contributed by atoms with Gasteiger partial charge in [0.1, 0.15) is 0 Å². The summed E-state index contributed by atoms with van der Waals surface area (Å²) in [7, 11) is 0. The van der Waals surface area contributed by atoms with E-state index in [-0.39, 0.29) is 5.91 Å². The van der Waals surface area contributed by atoms with Crippen molar-refractivity contribution in [1.82, 2.24) is 0 Å². The van der Waals surface area contributed by atoms with Gasteiger partial charge in [-0.05, 0) is 62.2 Å². The van der Waals surface area contributed by atoms with Crippen LogP contribution in [0.3, 0.4) is 0 Å². The van der Waals surface area contributed by atoms with Gasteiger partial charge in [0.05, 0.1) is 16.3 Å². The molecule has 2 aromatic carbocycles. The average Bonchev–Trinajstić information content (AvgIpc) is 2.36. The number of amides is 1. The van der Waals surface area contributed by atoms with E-state index in [0.29, 0.717) is 16.3 Å². The molecule has 0 spiro atoms. The van der Waals surface area contributed by atoms with Gasteiger partial charge < -0.3 is 5.32 Å². The fraction of sp³-hybridized carbons (Fsp3) is 0. The summed E-state index contributed by atoms with van der Waals surface area (Å²) in [5.74, 6) is -0.278. The number of carbonyl (C=O) groups excluding carboxylic acids is 1. The Morgan fingerprint density at radius 3 is 2.15 bits per heavy atom. The lowest BCUT2D eigenvalue weighted by atomic mass is 10.2. The third-order valence-corrected chi connectivity index (χ3v) is 4.95. The molecule has 104 valence electrons.